The Balaban J connectivity index is 0.000000126. The molecule has 0 amide bonds. The van der Waals surface area contributed by atoms with Gasteiger partial charge in [-0.15, -0.1) is 0 Å². The maximum atomic E-state index is 12.4. The molecular weight excluding hydrogens is 1640 g/mol. The number of allylic oxidation sites excluding steroid dienone is 3. The molecular formula is C110H111NO19. The van der Waals surface area contributed by atoms with E-state index in [1.54, 1.807) is 84.9 Å². The Hall–Kier alpha value is -14.2. The lowest BCUT2D eigenvalue weighted by Crippen LogP contribution is -2.43. The first-order chi connectivity index (χ1) is 62.7. The average Bonchev–Trinajstić information content (AvgIpc) is 1.58. The lowest BCUT2D eigenvalue weighted by molar-refractivity contribution is -0.141. The third-order valence-corrected chi connectivity index (χ3v) is 25.7. The van der Waals surface area contributed by atoms with Crippen molar-refractivity contribution < 1.29 is 89.1 Å². The van der Waals surface area contributed by atoms with Gasteiger partial charge in [-0.3, -0.25) is 14.4 Å². The summed E-state index contributed by atoms with van der Waals surface area (Å²) in [5.41, 5.74) is 18.0. The van der Waals surface area contributed by atoms with Gasteiger partial charge in [0.1, 0.15) is 111 Å². The molecule has 6 aliphatic rings. The van der Waals surface area contributed by atoms with Crippen LogP contribution in [0.1, 0.15) is 158 Å². The number of carbonyl (C=O) groups is 2. The number of benzene rings is 12. The number of nitrogens with zero attached hydrogens (tertiary/aromatic N) is 1. The Morgan fingerprint density at radius 2 is 1.00 bits per heavy atom. The molecule has 0 bridgehead atoms. The summed E-state index contributed by atoms with van der Waals surface area (Å²) in [6.07, 6.45) is 11.6. The zero-order chi connectivity index (χ0) is 91.9. The van der Waals surface area contributed by atoms with E-state index in [-0.39, 0.29) is 97.6 Å². The standard InChI is InChI=1S/C26H29NO.C18H18O4.C18H24O2.C18H20O2.2C15H10O5/c1-4-25(21-11-7-5-8-12-21)26(22-13-9-6-10-14-22)23-15-17-24(18-16-23)28-20-19-27(2)3;19-15-5-1-3-12(8-15)7-14-11-22-18(21)17(14)10-13-4-2-6-16(20)9-13;1-18-9-8-14-13-5-3-12(19)10-11(13)2-4-15(14)16(18)6-7-17(18)20;1-3-17(13-5-9-15(19)10-6-13)18(4-2)14-7-11-16(20)12-8-14;16-7-1-3-9-11(5-7)19-14-10-4-2-8(17)6-12(10)20-15(18)13(9)14;16-9-3-1-8(2-4-9)11-7-20-13-6-10(17)5-12(18)14(13)15(11)19/h5-18H,4,19-20H2,1-3H3;1-6,8-9,14,17,19-20H,7,10-11H2;3,5,10,14-17,19-20H,2,4,6-9H2,1H3;5-12,19-20H,3-4H2,1-2H3;1-6,13-14,16-17H;1-7,16-18H/b26-25-;;;18-17+;;. The molecule has 0 spiro atoms. The van der Waals surface area contributed by atoms with Crippen LogP contribution >= 0.6 is 0 Å². The topological polar surface area (TPSA) is 327 Å². The van der Waals surface area contributed by atoms with Gasteiger partial charge in [0.05, 0.1) is 24.2 Å². The van der Waals surface area contributed by atoms with Gasteiger partial charge in [-0.05, 0) is 289 Å². The number of ether oxygens (including phenoxy) is 4. The minimum absolute atomic E-state index is 0.00775. The second kappa shape index (κ2) is 41.7. The van der Waals surface area contributed by atoms with Crippen molar-refractivity contribution in [1.29, 1.82) is 0 Å². The molecule has 3 aliphatic carbocycles. The van der Waals surface area contributed by atoms with Crippen LogP contribution in [0.25, 0.3) is 44.4 Å². The highest BCUT2D eigenvalue weighted by Crippen LogP contribution is 2.61. The molecule has 20 heteroatoms. The van der Waals surface area contributed by atoms with Crippen molar-refractivity contribution in [3.63, 3.8) is 0 Å². The zero-order valence-corrected chi connectivity index (χ0v) is 73.7. The van der Waals surface area contributed by atoms with E-state index < -0.39 is 23.4 Å². The number of aliphatic hydroxyl groups is 1. The SMILES string of the molecule is CC/C(=C(/CC)c1ccc(O)cc1)c1ccc(O)cc1.CC/C(=C(\c1ccccc1)c1ccc(OCCN(C)C)cc1)c1ccccc1.CC12CCC3c4ccc(O)cc4CCC3C1CCC2O.O=C1OCC(Cc2cccc(O)c2)C1Cc1cccc(O)c1.O=C1Oc2cc(O)ccc2C2Oc3cc(O)ccc3C12.O=c1c(-c2ccc(O)cc2)coc2cc(O)cc(O)c12. The fourth-order valence-corrected chi connectivity index (χ4v) is 19.2. The van der Waals surface area contributed by atoms with Crippen LogP contribution in [-0.4, -0.2) is 113 Å². The van der Waals surface area contributed by atoms with Crippen LogP contribution in [0.5, 0.6) is 74.7 Å². The molecule has 670 valence electrons. The first-order valence-electron chi connectivity index (χ1n) is 44.3. The fraction of sp³-hybridized carbons (Fsp3) is 0.264. The zero-order valence-electron chi connectivity index (χ0n) is 73.7. The van der Waals surface area contributed by atoms with Crippen molar-refractivity contribution in [2.24, 2.45) is 29.1 Å². The summed E-state index contributed by atoms with van der Waals surface area (Å²) in [4.78, 5) is 38.7. The molecule has 12 aromatic carbocycles. The molecule has 9 atom stereocenters. The second-order valence-electron chi connectivity index (χ2n) is 34.3. The Morgan fingerprint density at radius 3 is 1.59 bits per heavy atom. The minimum Gasteiger partial charge on any atom is -0.508 e. The molecule has 13 aromatic rings. The number of esters is 2. The highest BCUT2D eigenvalue weighted by molar-refractivity contribution is 5.99. The minimum atomic E-state index is -0.539. The summed E-state index contributed by atoms with van der Waals surface area (Å²) in [5, 5.41) is 105. The highest BCUT2D eigenvalue weighted by atomic mass is 16.6. The van der Waals surface area contributed by atoms with E-state index in [2.05, 4.69) is 138 Å². The van der Waals surface area contributed by atoms with Crippen LogP contribution in [0.15, 0.2) is 288 Å². The van der Waals surface area contributed by atoms with Crippen LogP contribution in [0, 0.1) is 29.1 Å². The summed E-state index contributed by atoms with van der Waals surface area (Å²) in [5.74, 6) is 3.60. The number of phenolic OH excluding ortho intramolecular Hbond substituents is 10. The lowest BCUT2D eigenvalue weighted by atomic mass is 9.55. The van der Waals surface area contributed by atoms with Gasteiger partial charge in [0.25, 0.3) is 0 Å². The van der Waals surface area contributed by atoms with Gasteiger partial charge in [-0.25, -0.2) is 0 Å². The van der Waals surface area contributed by atoms with Crippen molar-refractivity contribution >= 4 is 45.2 Å². The highest BCUT2D eigenvalue weighted by Gasteiger charge is 2.54. The van der Waals surface area contributed by atoms with Crippen molar-refractivity contribution in [3.8, 4) is 85.9 Å². The number of fused-ring (bicyclic) bond motifs is 11. The summed E-state index contributed by atoms with van der Waals surface area (Å²) >= 11 is 0. The average molecular weight is 1750 g/mol. The van der Waals surface area contributed by atoms with Crippen LogP contribution in [0.4, 0.5) is 0 Å². The summed E-state index contributed by atoms with van der Waals surface area (Å²) in [6, 6.07) is 82.2. The Labute approximate surface area is 756 Å². The fourth-order valence-electron chi connectivity index (χ4n) is 19.2. The largest absolute Gasteiger partial charge is 0.508 e. The molecule has 9 unspecified atom stereocenters. The number of hydrogen-bond acceptors (Lipinski definition) is 20. The molecule has 3 fully saturated rings. The maximum Gasteiger partial charge on any atom is 0.323 e. The predicted molar refractivity (Wildman–Crippen MR) is 504 cm³/mol. The van der Waals surface area contributed by atoms with E-state index in [4.69, 9.17) is 23.4 Å². The van der Waals surface area contributed by atoms with Crippen molar-refractivity contribution in [2.45, 2.75) is 122 Å². The first-order valence-corrected chi connectivity index (χ1v) is 44.3. The molecule has 2 saturated carbocycles. The van der Waals surface area contributed by atoms with Gasteiger partial charge in [-0.2, -0.15) is 0 Å². The number of rotatable bonds is 17. The third-order valence-electron chi connectivity index (χ3n) is 25.7. The van der Waals surface area contributed by atoms with Crippen molar-refractivity contribution in [1.82, 2.24) is 4.90 Å². The van der Waals surface area contributed by atoms with E-state index in [1.807, 2.05) is 48.5 Å². The number of aryl methyl sites for hydroxylation is 1. The van der Waals surface area contributed by atoms with Gasteiger partial charge in [-0.1, -0.05) is 173 Å². The van der Waals surface area contributed by atoms with Crippen molar-refractivity contribution in [3.05, 3.63) is 351 Å². The molecule has 1 aromatic heterocycles. The van der Waals surface area contributed by atoms with E-state index >= 15 is 0 Å². The van der Waals surface area contributed by atoms with Gasteiger partial charge < -0.3 is 84.4 Å². The van der Waals surface area contributed by atoms with Crippen LogP contribution in [0.3, 0.4) is 0 Å². The molecule has 1 saturated heterocycles. The smallest absolute Gasteiger partial charge is 0.323 e. The van der Waals surface area contributed by atoms with Gasteiger partial charge in [0, 0.05) is 47.9 Å². The Kier molecular flexibility index (Phi) is 29.5. The number of likely N-dealkylation sites (N-methyl/N-ethyl adjacent to an activating group) is 1. The number of hydrogen-bond donors (Lipinski definition) is 11. The molecule has 4 heterocycles. The van der Waals surface area contributed by atoms with Crippen LogP contribution in [0.2, 0.25) is 0 Å². The number of cyclic esters (lactones) is 1. The van der Waals surface area contributed by atoms with Crippen molar-refractivity contribution in [2.75, 3.05) is 33.9 Å². The predicted octanol–water partition coefficient (Wildman–Crippen LogP) is 21.9. The Morgan fingerprint density at radius 1 is 0.477 bits per heavy atom. The Bertz CT molecular complexity index is 6170. The number of aliphatic hydroxyl groups excluding tert-OH is 1. The third kappa shape index (κ3) is 21.6. The number of phenols is 10. The molecule has 0 radical (unpaired) electrons. The molecule has 20 nitrogen and oxygen atoms in total. The van der Waals surface area contributed by atoms with Crippen LogP contribution < -0.4 is 19.6 Å². The lowest BCUT2D eigenvalue weighted by Gasteiger charge is -2.50. The summed E-state index contributed by atoms with van der Waals surface area (Å²) in [6.45, 7) is 10.8. The monoisotopic (exact) mass is 1750 g/mol. The van der Waals surface area contributed by atoms with E-state index in [1.165, 1.54) is 118 Å². The molecule has 11 N–H and O–H groups in total. The molecule has 19 rings (SSSR count). The van der Waals surface area contributed by atoms with Crippen LogP contribution in [-0.2, 0) is 33.6 Å². The molecule has 130 heavy (non-hydrogen) atoms. The first kappa shape index (κ1) is 92.0. The van der Waals surface area contributed by atoms with E-state index in [0.717, 1.165) is 85.1 Å². The number of carbonyl (C=O) groups excluding carboxylic acids is 2. The quantitative estimate of drug-likeness (QED) is 0.0229. The van der Waals surface area contributed by atoms with E-state index in [0.29, 0.717) is 71.8 Å². The maximum absolute atomic E-state index is 12.4. The molecule has 3 aliphatic heterocycles. The van der Waals surface area contributed by atoms with E-state index in [9.17, 15) is 70.6 Å². The number of aromatic hydroxyl groups is 10. The van der Waals surface area contributed by atoms with Gasteiger partial charge >= 0.3 is 11.9 Å². The second-order valence-corrected chi connectivity index (χ2v) is 34.3. The van der Waals surface area contributed by atoms with Gasteiger partial charge in [0.2, 0.25) is 5.43 Å². The normalized spacial score (nSPS) is 19.6. The van der Waals surface area contributed by atoms with Gasteiger partial charge in [0.15, 0.2) is 0 Å². The summed E-state index contributed by atoms with van der Waals surface area (Å²) < 4.78 is 27.4. The summed E-state index contributed by atoms with van der Waals surface area (Å²) in [7, 11) is 4.11.